The lowest BCUT2D eigenvalue weighted by Gasteiger charge is -2.38. The summed E-state index contributed by atoms with van der Waals surface area (Å²) in [6.07, 6.45) is -0.502. The van der Waals surface area contributed by atoms with Crippen molar-refractivity contribution >= 4 is 15.9 Å². The quantitative estimate of drug-likeness (QED) is 0.489. The zero-order chi connectivity index (χ0) is 29.6. The third kappa shape index (κ3) is 7.58. The molecular weight excluding hydrogens is 546 g/mol. The second-order valence-corrected chi connectivity index (χ2v) is 12.4. The molecule has 2 aromatic rings. The number of rotatable bonds is 7. The smallest absolute Gasteiger partial charge is 0.247 e. The second-order valence-electron chi connectivity index (χ2n) is 10.5. The summed E-state index contributed by atoms with van der Waals surface area (Å²) in [4.78, 5) is 16.8. The van der Waals surface area contributed by atoms with Gasteiger partial charge in [0.25, 0.3) is 0 Å². The number of carbonyl (C=O) groups excluding carboxylic acids is 1. The number of aliphatic hydroxyl groups excluding tert-OH is 1. The van der Waals surface area contributed by atoms with Gasteiger partial charge in [-0.2, -0.15) is 4.31 Å². The molecule has 11 heteroatoms. The molecule has 10 nitrogen and oxygen atoms in total. The molecule has 2 heterocycles. The Labute approximate surface area is 242 Å². The first-order valence-electron chi connectivity index (χ1n) is 13.8. The fraction of sp³-hybridized carbons (Fsp3) is 0.500. The topological polar surface area (TPSA) is 109 Å². The number of likely N-dealkylation sites (N-methyl/N-ethyl adjacent to an activating group) is 1. The van der Waals surface area contributed by atoms with Gasteiger partial charge in [-0.15, -0.1) is 0 Å². The molecule has 4 rings (SSSR count). The number of benzene rings is 2. The molecular formula is C30H39N3O7S. The van der Waals surface area contributed by atoms with Gasteiger partial charge >= 0.3 is 0 Å². The molecule has 1 saturated heterocycles. The normalized spacial score (nSPS) is 21.7. The molecule has 0 saturated carbocycles. The van der Waals surface area contributed by atoms with Crippen molar-refractivity contribution in [2.24, 2.45) is 5.92 Å². The van der Waals surface area contributed by atoms with E-state index in [1.54, 1.807) is 38.1 Å². The van der Waals surface area contributed by atoms with Crippen LogP contribution in [0.3, 0.4) is 0 Å². The molecule has 0 bridgehead atoms. The molecule has 222 valence electrons. The van der Waals surface area contributed by atoms with E-state index in [2.05, 4.69) is 16.7 Å². The first kappa shape index (κ1) is 30.8. The van der Waals surface area contributed by atoms with E-state index in [4.69, 9.17) is 14.2 Å². The molecule has 0 radical (unpaired) electrons. The summed E-state index contributed by atoms with van der Waals surface area (Å²) in [7, 11) is -0.658. The summed E-state index contributed by atoms with van der Waals surface area (Å²) in [5.41, 5.74) is 1.33. The number of fused-ring (bicyclic) bond motifs is 1. The average molecular weight is 586 g/mol. The number of carbonyl (C=O) groups is 1. The van der Waals surface area contributed by atoms with Gasteiger partial charge < -0.3 is 24.2 Å². The Hall–Kier alpha value is -3.14. The maximum absolute atomic E-state index is 13.7. The number of hydrogen-bond donors (Lipinski definition) is 1. The van der Waals surface area contributed by atoms with Crippen molar-refractivity contribution in [3.63, 3.8) is 0 Å². The van der Waals surface area contributed by atoms with Crippen molar-refractivity contribution in [1.29, 1.82) is 0 Å². The summed E-state index contributed by atoms with van der Waals surface area (Å²) >= 11 is 0. The number of amides is 1. The van der Waals surface area contributed by atoms with Gasteiger partial charge in [0, 0.05) is 49.8 Å². The van der Waals surface area contributed by atoms with Gasteiger partial charge in [-0.25, -0.2) is 8.42 Å². The molecule has 0 unspecified atom stereocenters. The fourth-order valence-electron chi connectivity index (χ4n) is 4.81. The van der Waals surface area contributed by atoms with Crippen LogP contribution >= 0.6 is 0 Å². The monoisotopic (exact) mass is 585 g/mol. The van der Waals surface area contributed by atoms with Gasteiger partial charge in [-0.05, 0) is 43.3 Å². The van der Waals surface area contributed by atoms with Gasteiger partial charge in [-0.3, -0.25) is 9.69 Å². The number of nitrogens with zero attached hydrogens (tertiary/aromatic N) is 3. The van der Waals surface area contributed by atoms with Crippen LogP contribution in [-0.4, -0.2) is 112 Å². The Morgan fingerprint density at radius 3 is 2.56 bits per heavy atom. The molecule has 0 spiro atoms. The van der Waals surface area contributed by atoms with Crippen LogP contribution in [0.1, 0.15) is 25.0 Å². The molecule has 2 aliphatic heterocycles. The standard InChI is InChI=1S/C30H39N3O7S/c1-22-18-33(23(2)21-34)41(36,37)29-11-10-25(9-8-24-6-5-7-26(16-24)38-4)17-27(29)40-28(22)19-31(3)30(35)20-32-12-14-39-15-13-32/h5-7,10-11,16-17,22-23,28,34H,12-15,18-21H2,1-4H3/t22-,23-,28+/m1/s1. The molecule has 1 amide bonds. The molecule has 2 aromatic carbocycles. The summed E-state index contributed by atoms with van der Waals surface area (Å²) in [5.74, 6) is 6.71. The van der Waals surface area contributed by atoms with Crippen LogP contribution < -0.4 is 9.47 Å². The lowest BCUT2D eigenvalue weighted by atomic mass is 10.0. The number of morpholine rings is 1. The molecule has 0 aliphatic carbocycles. The Kier molecular flexibility index (Phi) is 10.3. The predicted octanol–water partition coefficient (Wildman–Crippen LogP) is 1.65. The van der Waals surface area contributed by atoms with Gasteiger partial charge in [-0.1, -0.05) is 24.8 Å². The summed E-state index contributed by atoms with van der Waals surface area (Å²) < 4.78 is 45.9. The Balaban J connectivity index is 1.65. The number of hydrogen-bond acceptors (Lipinski definition) is 8. The van der Waals surface area contributed by atoms with Crippen LogP contribution in [0.25, 0.3) is 0 Å². The van der Waals surface area contributed by atoms with E-state index < -0.39 is 22.2 Å². The van der Waals surface area contributed by atoms with E-state index in [-0.39, 0.29) is 48.7 Å². The molecule has 1 fully saturated rings. The summed E-state index contributed by atoms with van der Waals surface area (Å²) in [6.45, 7) is 6.55. The third-order valence-electron chi connectivity index (χ3n) is 7.43. The van der Waals surface area contributed by atoms with E-state index in [1.807, 2.05) is 31.2 Å². The molecule has 41 heavy (non-hydrogen) atoms. The summed E-state index contributed by atoms with van der Waals surface area (Å²) in [5, 5.41) is 9.88. The van der Waals surface area contributed by atoms with Crippen LogP contribution in [0, 0.1) is 17.8 Å². The maximum atomic E-state index is 13.7. The lowest BCUT2D eigenvalue weighted by molar-refractivity contribution is -0.133. The van der Waals surface area contributed by atoms with Crippen LogP contribution in [0.15, 0.2) is 47.4 Å². The lowest BCUT2D eigenvalue weighted by Crippen LogP contribution is -2.51. The van der Waals surface area contributed by atoms with Crippen LogP contribution in [0.5, 0.6) is 11.5 Å². The van der Waals surface area contributed by atoms with Gasteiger partial charge in [0.1, 0.15) is 22.5 Å². The van der Waals surface area contributed by atoms with Crippen molar-refractivity contribution in [2.75, 3.05) is 66.7 Å². The van der Waals surface area contributed by atoms with Crippen LogP contribution in [0.4, 0.5) is 0 Å². The highest BCUT2D eigenvalue weighted by Gasteiger charge is 2.38. The minimum Gasteiger partial charge on any atom is -0.497 e. The number of methoxy groups -OCH3 is 1. The maximum Gasteiger partial charge on any atom is 0.247 e. The molecule has 1 N–H and O–H groups in total. The number of aliphatic hydroxyl groups is 1. The zero-order valence-corrected chi connectivity index (χ0v) is 24.9. The minimum atomic E-state index is -3.98. The van der Waals surface area contributed by atoms with Crippen LogP contribution in [0.2, 0.25) is 0 Å². The Morgan fingerprint density at radius 1 is 1.17 bits per heavy atom. The van der Waals surface area contributed by atoms with Crippen LogP contribution in [-0.2, 0) is 19.6 Å². The van der Waals surface area contributed by atoms with E-state index in [9.17, 15) is 18.3 Å². The Bertz CT molecular complexity index is 1380. The average Bonchev–Trinajstić information content (AvgIpc) is 2.97. The first-order valence-corrected chi connectivity index (χ1v) is 15.2. The predicted molar refractivity (Wildman–Crippen MR) is 154 cm³/mol. The minimum absolute atomic E-state index is 0.00364. The van der Waals surface area contributed by atoms with Gasteiger partial charge in [0.2, 0.25) is 15.9 Å². The van der Waals surface area contributed by atoms with Crippen molar-refractivity contribution < 1.29 is 32.5 Å². The highest BCUT2D eigenvalue weighted by Crippen LogP contribution is 2.34. The van der Waals surface area contributed by atoms with E-state index in [0.717, 1.165) is 5.56 Å². The van der Waals surface area contributed by atoms with Crippen molar-refractivity contribution in [3.8, 4) is 23.3 Å². The number of sulfonamides is 1. The second kappa shape index (κ2) is 13.7. The van der Waals surface area contributed by atoms with Gasteiger partial charge in [0.05, 0.1) is 40.0 Å². The van der Waals surface area contributed by atoms with Crippen molar-refractivity contribution in [3.05, 3.63) is 53.6 Å². The zero-order valence-electron chi connectivity index (χ0n) is 24.1. The largest absolute Gasteiger partial charge is 0.497 e. The molecule has 2 aliphatic rings. The van der Waals surface area contributed by atoms with E-state index >= 15 is 0 Å². The highest BCUT2D eigenvalue weighted by atomic mass is 32.2. The molecule has 3 atom stereocenters. The number of ether oxygens (including phenoxy) is 3. The molecule has 0 aromatic heterocycles. The Morgan fingerprint density at radius 2 is 1.88 bits per heavy atom. The summed E-state index contributed by atoms with van der Waals surface area (Å²) in [6, 6.07) is 11.5. The van der Waals surface area contributed by atoms with E-state index in [1.165, 1.54) is 10.4 Å². The van der Waals surface area contributed by atoms with Crippen molar-refractivity contribution in [1.82, 2.24) is 14.1 Å². The SMILES string of the molecule is COc1cccc(C#Cc2ccc3c(c2)O[C@@H](CN(C)C(=O)CN2CCOCC2)[C@H](C)CN([C@H](C)CO)S3(=O)=O)c1. The van der Waals surface area contributed by atoms with Crippen molar-refractivity contribution in [2.45, 2.75) is 30.9 Å². The van der Waals surface area contributed by atoms with E-state index in [0.29, 0.717) is 37.6 Å². The third-order valence-corrected chi connectivity index (χ3v) is 9.45. The fourth-order valence-corrected chi connectivity index (χ4v) is 6.64. The first-order chi connectivity index (χ1) is 19.6. The highest BCUT2D eigenvalue weighted by molar-refractivity contribution is 7.89. The van der Waals surface area contributed by atoms with Gasteiger partial charge in [0.15, 0.2) is 0 Å².